The van der Waals surface area contributed by atoms with Gasteiger partial charge in [-0.05, 0) is 12.0 Å². The number of epoxide rings is 1. The van der Waals surface area contributed by atoms with Crippen LogP contribution < -0.4 is 0 Å². The van der Waals surface area contributed by atoms with E-state index in [1.807, 2.05) is 18.2 Å². The third-order valence-electron chi connectivity index (χ3n) is 2.10. The highest BCUT2D eigenvalue weighted by Gasteiger charge is 2.38. The highest BCUT2D eigenvalue weighted by Crippen LogP contribution is 2.40. The van der Waals surface area contributed by atoms with Gasteiger partial charge in [0.15, 0.2) is 0 Å². The highest BCUT2D eigenvalue weighted by atomic mass is 35.5. The van der Waals surface area contributed by atoms with Gasteiger partial charge in [0.1, 0.15) is 6.10 Å². The van der Waals surface area contributed by atoms with Crippen LogP contribution in [0.4, 0.5) is 0 Å². The molecule has 1 aliphatic rings. The molecule has 0 aromatic heterocycles. The van der Waals surface area contributed by atoms with Gasteiger partial charge in [0.05, 0.1) is 6.10 Å². The topological polar surface area (TPSA) is 12.5 Å². The second kappa shape index (κ2) is 3.46. The minimum absolute atomic E-state index is 0.310. The lowest BCUT2D eigenvalue weighted by Gasteiger charge is -1.92. The van der Waals surface area contributed by atoms with E-state index in [4.69, 9.17) is 16.3 Å². The zero-order valence-electron chi connectivity index (χ0n) is 6.74. The van der Waals surface area contributed by atoms with Crippen molar-refractivity contribution in [3.8, 4) is 0 Å². The zero-order chi connectivity index (χ0) is 8.39. The largest absolute Gasteiger partial charge is 0.364 e. The Morgan fingerprint density at radius 1 is 1.25 bits per heavy atom. The number of ether oxygens (including phenoxy) is 1. The molecule has 0 bridgehead atoms. The van der Waals surface area contributed by atoms with Crippen molar-refractivity contribution in [2.45, 2.75) is 18.6 Å². The molecule has 2 rings (SSSR count). The number of alkyl halides is 1. The molecule has 1 aromatic carbocycles. The Morgan fingerprint density at radius 3 is 2.67 bits per heavy atom. The van der Waals surface area contributed by atoms with Crippen LogP contribution in [0, 0.1) is 0 Å². The molecule has 1 saturated heterocycles. The standard InChI is InChI=1S/C10H11ClO/c11-7-6-9-10(12-9)8-4-2-1-3-5-8/h1-5,9-10H,6-7H2. The van der Waals surface area contributed by atoms with Crippen molar-refractivity contribution in [2.75, 3.05) is 5.88 Å². The Balaban J connectivity index is 1.97. The van der Waals surface area contributed by atoms with Crippen molar-refractivity contribution in [3.63, 3.8) is 0 Å². The van der Waals surface area contributed by atoms with E-state index in [0.29, 0.717) is 18.1 Å². The summed E-state index contributed by atoms with van der Waals surface area (Å²) in [5, 5.41) is 0. The second-order valence-electron chi connectivity index (χ2n) is 2.98. The summed E-state index contributed by atoms with van der Waals surface area (Å²) in [5.41, 5.74) is 1.27. The Bertz CT molecular complexity index is 247. The molecule has 1 nitrogen and oxygen atoms in total. The maximum atomic E-state index is 5.61. The maximum Gasteiger partial charge on any atom is 0.109 e. The lowest BCUT2D eigenvalue weighted by atomic mass is 10.1. The average Bonchev–Trinajstić information content (AvgIpc) is 2.87. The number of halogens is 1. The molecule has 0 aliphatic carbocycles. The molecule has 0 N–H and O–H groups in total. The molecule has 2 heteroatoms. The van der Waals surface area contributed by atoms with E-state index in [-0.39, 0.29) is 0 Å². The Morgan fingerprint density at radius 2 is 2.00 bits per heavy atom. The summed E-state index contributed by atoms with van der Waals surface area (Å²) >= 11 is 5.61. The third kappa shape index (κ3) is 1.62. The molecule has 0 amide bonds. The molecule has 2 atom stereocenters. The van der Waals surface area contributed by atoms with Crippen LogP contribution in [0.2, 0.25) is 0 Å². The molecular formula is C10H11ClO. The second-order valence-corrected chi connectivity index (χ2v) is 3.36. The van der Waals surface area contributed by atoms with Crippen LogP contribution in [0.3, 0.4) is 0 Å². The quantitative estimate of drug-likeness (QED) is 0.517. The predicted octanol–water partition coefficient (Wildman–Crippen LogP) is 2.76. The maximum absolute atomic E-state index is 5.61. The van der Waals surface area contributed by atoms with Crippen LogP contribution in [-0.4, -0.2) is 12.0 Å². The SMILES string of the molecule is ClCCC1OC1c1ccccc1. The highest BCUT2D eigenvalue weighted by molar-refractivity contribution is 6.17. The summed E-state index contributed by atoms with van der Waals surface area (Å²) in [6.45, 7) is 0. The van der Waals surface area contributed by atoms with Crippen molar-refractivity contribution in [3.05, 3.63) is 35.9 Å². The fourth-order valence-electron chi connectivity index (χ4n) is 1.41. The van der Waals surface area contributed by atoms with Crippen LogP contribution in [0.5, 0.6) is 0 Å². The van der Waals surface area contributed by atoms with E-state index in [1.165, 1.54) is 5.56 Å². The minimum atomic E-state index is 0.310. The number of benzene rings is 1. The van der Waals surface area contributed by atoms with Gasteiger partial charge in [-0.1, -0.05) is 30.3 Å². The summed E-state index contributed by atoms with van der Waals surface area (Å²) < 4.78 is 5.46. The van der Waals surface area contributed by atoms with Crippen LogP contribution in [0.1, 0.15) is 18.1 Å². The average molecular weight is 183 g/mol. The van der Waals surface area contributed by atoms with E-state index in [2.05, 4.69) is 12.1 Å². The lowest BCUT2D eigenvalue weighted by Crippen LogP contribution is -1.89. The fraction of sp³-hybridized carbons (Fsp3) is 0.400. The number of hydrogen-bond donors (Lipinski definition) is 0. The number of hydrogen-bond acceptors (Lipinski definition) is 1. The molecule has 0 radical (unpaired) electrons. The Hall–Kier alpha value is -0.530. The molecular weight excluding hydrogens is 172 g/mol. The Kier molecular flexibility index (Phi) is 2.33. The van der Waals surface area contributed by atoms with Gasteiger partial charge in [-0.25, -0.2) is 0 Å². The van der Waals surface area contributed by atoms with E-state index in [1.54, 1.807) is 0 Å². The third-order valence-corrected chi connectivity index (χ3v) is 2.32. The fourth-order valence-corrected chi connectivity index (χ4v) is 1.62. The van der Waals surface area contributed by atoms with E-state index < -0.39 is 0 Å². The first-order valence-electron chi connectivity index (χ1n) is 4.18. The van der Waals surface area contributed by atoms with Gasteiger partial charge >= 0.3 is 0 Å². The first kappa shape index (κ1) is 8.09. The molecule has 1 aromatic rings. The summed E-state index contributed by atoms with van der Waals surface area (Å²) in [6, 6.07) is 10.3. The minimum Gasteiger partial charge on any atom is -0.364 e. The summed E-state index contributed by atoms with van der Waals surface area (Å²) in [4.78, 5) is 0. The van der Waals surface area contributed by atoms with Crippen molar-refractivity contribution in [1.29, 1.82) is 0 Å². The van der Waals surface area contributed by atoms with E-state index >= 15 is 0 Å². The van der Waals surface area contributed by atoms with Gasteiger partial charge in [0, 0.05) is 5.88 Å². The molecule has 1 aliphatic heterocycles. The van der Waals surface area contributed by atoms with Gasteiger partial charge in [0.2, 0.25) is 0 Å². The first-order valence-corrected chi connectivity index (χ1v) is 4.71. The molecule has 1 fully saturated rings. The summed E-state index contributed by atoms with van der Waals surface area (Å²) in [5.74, 6) is 0.688. The van der Waals surface area contributed by atoms with Gasteiger partial charge in [-0.3, -0.25) is 0 Å². The van der Waals surface area contributed by atoms with Crippen LogP contribution in [-0.2, 0) is 4.74 Å². The van der Waals surface area contributed by atoms with Crippen molar-refractivity contribution in [2.24, 2.45) is 0 Å². The molecule has 0 saturated carbocycles. The first-order chi connectivity index (χ1) is 5.92. The van der Waals surface area contributed by atoms with Gasteiger partial charge < -0.3 is 4.74 Å². The van der Waals surface area contributed by atoms with Crippen LogP contribution in [0.25, 0.3) is 0 Å². The molecule has 2 unspecified atom stereocenters. The van der Waals surface area contributed by atoms with E-state index in [9.17, 15) is 0 Å². The van der Waals surface area contributed by atoms with Gasteiger partial charge in [-0.15, -0.1) is 11.6 Å². The van der Waals surface area contributed by atoms with E-state index in [0.717, 1.165) is 6.42 Å². The predicted molar refractivity (Wildman–Crippen MR) is 49.4 cm³/mol. The van der Waals surface area contributed by atoms with Crippen LogP contribution >= 0.6 is 11.6 Å². The lowest BCUT2D eigenvalue weighted by molar-refractivity contribution is 0.371. The van der Waals surface area contributed by atoms with Gasteiger partial charge in [0.25, 0.3) is 0 Å². The smallest absolute Gasteiger partial charge is 0.109 e. The monoisotopic (exact) mass is 182 g/mol. The molecule has 64 valence electrons. The van der Waals surface area contributed by atoms with Crippen LogP contribution in [0.15, 0.2) is 30.3 Å². The number of rotatable bonds is 3. The van der Waals surface area contributed by atoms with Crippen molar-refractivity contribution in [1.82, 2.24) is 0 Å². The summed E-state index contributed by atoms with van der Waals surface area (Å²) in [7, 11) is 0. The molecule has 12 heavy (non-hydrogen) atoms. The molecule has 1 heterocycles. The van der Waals surface area contributed by atoms with Crippen molar-refractivity contribution < 1.29 is 4.74 Å². The Labute approximate surface area is 77.3 Å². The van der Waals surface area contributed by atoms with Crippen molar-refractivity contribution >= 4 is 11.6 Å². The normalized spacial score (nSPS) is 27.1. The zero-order valence-corrected chi connectivity index (χ0v) is 7.50. The molecule has 0 spiro atoms. The summed E-state index contributed by atoms with van der Waals surface area (Å²) in [6.07, 6.45) is 1.64. The van der Waals surface area contributed by atoms with Gasteiger partial charge in [-0.2, -0.15) is 0 Å².